The summed E-state index contributed by atoms with van der Waals surface area (Å²) in [6, 6.07) is 20.0. The third kappa shape index (κ3) is 6.37. The molecular formula is C35H37N3O6S. The van der Waals surface area contributed by atoms with Crippen LogP contribution in [0, 0.1) is 0 Å². The summed E-state index contributed by atoms with van der Waals surface area (Å²) in [6.45, 7) is 7.11. The van der Waals surface area contributed by atoms with Gasteiger partial charge < -0.3 is 23.8 Å². The first kappa shape index (κ1) is 31.6. The third-order valence-electron chi connectivity index (χ3n) is 7.76. The topological polar surface area (TPSA) is 91.6 Å². The number of rotatable bonds is 11. The van der Waals surface area contributed by atoms with Gasteiger partial charge in [0, 0.05) is 18.7 Å². The largest absolute Gasteiger partial charge is 0.497 e. The second-order valence-electron chi connectivity index (χ2n) is 10.4. The molecule has 4 aromatic rings. The van der Waals surface area contributed by atoms with Crippen molar-refractivity contribution in [2.24, 2.45) is 4.99 Å². The van der Waals surface area contributed by atoms with Gasteiger partial charge in [0.2, 0.25) is 0 Å². The van der Waals surface area contributed by atoms with Gasteiger partial charge in [0.15, 0.2) is 16.3 Å². The molecule has 0 saturated carbocycles. The molecule has 3 aromatic carbocycles. The van der Waals surface area contributed by atoms with Crippen LogP contribution in [0.25, 0.3) is 6.08 Å². The van der Waals surface area contributed by atoms with Crippen LogP contribution >= 0.6 is 11.3 Å². The van der Waals surface area contributed by atoms with E-state index in [9.17, 15) is 9.59 Å². The molecule has 234 valence electrons. The number of aromatic nitrogens is 1. The normalized spacial score (nSPS) is 14.4. The summed E-state index contributed by atoms with van der Waals surface area (Å²) in [4.78, 5) is 35.2. The molecule has 9 nitrogen and oxygen atoms in total. The molecule has 10 heteroatoms. The molecule has 5 rings (SSSR count). The predicted molar refractivity (Wildman–Crippen MR) is 175 cm³/mol. The number of allylic oxidation sites excluding steroid dienone is 1. The monoisotopic (exact) mass is 627 g/mol. The van der Waals surface area contributed by atoms with Crippen molar-refractivity contribution in [3.63, 3.8) is 0 Å². The van der Waals surface area contributed by atoms with Gasteiger partial charge >= 0.3 is 0 Å². The highest BCUT2D eigenvalue weighted by atomic mass is 32.1. The standard InChI is InChI=1S/C35H37N3O6S/c1-7-37(8-2)34(40)31-22(3)36-35-38(32(31)26-20-25(41-4)15-17-27(26)42-5)33(39)30(45-35)19-24-14-16-28(29(18-24)43-6)44-21-23-12-10-9-11-13-23/h9-20,32H,7-8,21H2,1-6H3/b30-19+/t32-/m1/s1. The number of thiazole rings is 1. The summed E-state index contributed by atoms with van der Waals surface area (Å²) in [5, 5.41) is 0. The maximum atomic E-state index is 14.2. The van der Waals surface area contributed by atoms with Crippen LogP contribution in [0.2, 0.25) is 0 Å². The van der Waals surface area contributed by atoms with E-state index >= 15 is 0 Å². The van der Waals surface area contributed by atoms with E-state index in [0.29, 0.717) is 68.9 Å². The van der Waals surface area contributed by atoms with Gasteiger partial charge in [-0.05, 0) is 68.3 Å². The van der Waals surface area contributed by atoms with Crippen LogP contribution in [0.3, 0.4) is 0 Å². The van der Waals surface area contributed by atoms with E-state index in [1.54, 1.807) is 49.0 Å². The molecule has 0 fully saturated rings. The van der Waals surface area contributed by atoms with E-state index in [0.717, 1.165) is 11.1 Å². The Bertz CT molecular complexity index is 1910. The Morgan fingerprint density at radius 1 is 0.933 bits per heavy atom. The molecule has 0 aliphatic carbocycles. The lowest BCUT2D eigenvalue weighted by Crippen LogP contribution is -2.43. The number of benzene rings is 3. The summed E-state index contributed by atoms with van der Waals surface area (Å²) in [5.74, 6) is 2.08. The molecule has 45 heavy (non-hydrogen) atoms. The van der Waals surface area contributed by atoms with Crippen molar-refractivity contribution in [1.29, 1.82) is 0 Å². The first-order chi connectivity index (χ1) is 21.8. The second kappa shape index (κ2) is 13.9. The fourth-order valence-corrected chi connectivity index (χ4v) is 6.45. The first-order valence-electron chi connectivity index (χ1n) is 14.7. The third-order valence-corrected chi connectivity index (χ3v) is 8.74. The predicted octanol–water partition coefficient (Wildman–Crippen LogP) is 4.71. The number of carbonyl (C=O) groups excluding carboxylic acids is 1. The lowest BCUT2D eigenvalue weighted by molar-refractivity contribution is -0.127. The minimum Gasteiger partial charge on any atom is -0.497 e. The zero-order valence-electron chi connectivity index (χ0n) is 26.3. The number of methoxy groups -OCH3 is 3. The summed E-state index contributed by atoms with van der Waals surface area (Å²) < 4.78 is 25.0. The number of fused-ring (bicyclic) bond motifs is 1. The van der Waals surface area contributed by atoms with Crippen LogP contribution in [0.5, 0.6) is 23.0 Å². The van der Waals surface area contributed by atoms with Gasteiger partial charge in [-0.2, -0.15) is 0 Å². The zero-order valence-corrected chi connectivity index (χ0v) is 27.1. The van der Waals surface area contributed by atoms with Crippen molar-refractivity contribution in [1.82, 2.24) is 9.47 Å². The molecule has 2 heterocycles. The van der Waals surface area contributed by atoms with Crippen molar-refractivity contribution >= 4 is 23.3 Å². The van der Waals surface area contributed by atoms with Gasteiger partial charge in [0.25, 0.3) is 11.5 Å². The maximum Gasteiger partial charge on any atom is 0.271 e. The highest BCUT2D eigenvalue weighted by Gasteiger charge is 2.36. The Morgan fingerprint density at radius 3 is 2.31 bits per heavy atom. The molecule has 0 N–H and O–H groups in total. The van der Waals surface area contributed by atoms with Gasteiger partial charge in [0.1, 0.15) is 24.1 Å². The average Bonchev–Trinajstić information content (AvgIpc) is 3.37. The smallest absolute Gasteiger partial charge is 0.271 e. The van der Waals surface area contributed by atoms with Crippen molar-refractivity contribution in [3.05, 3.63) is 114 Å². The zero-order chi connectivity index (χ0) is 32.1. The van der Waals surface area contributed by atoms with E-state index in [1.807, 2.05) is 75.4 Å². The number of hydrogen-bond donors (Lipinski definition) is 0. The molecule has 1 amide bonds. The Kier molecular flexibility index (Phi) is 9.73. The highest BCUT2D eigenvalue weighted by Crippen LogP contribution is 2.38. The van der Waals surface area contributed by atoms with Crippen molar-refractivity contribution in [3.8, 4) is 23.0 Å². The molecule has 0 radical (unpaired) electrons. The van der Waals surface area contributed by atoms with Crippen LogP contribution in [-0.2, 0) is 11.4 Å². The molecule has 1 aliphatic rings. The van der Waals surface area contributed by atoms with Crippen molar-refractivity contribution in [2.75, 3.05) is 34.4 Å². The summed E-state index contributed by atoms with van der Waals surface area (Å²) in [5.41, 5.74) is 3.14. The SMILES string of the molecule is CCN(CC)C(=O)C1=C(C)N=c2s/c(=C/c3ccc(OCc4ccccc4)c(OC)c3)c(=O)n2[C@@H]1c1cc(OC)ccc1OC. The number of amides is 1. The summed E-state index contributed by atoms with van der Waals surface area (Å²) in [6.07, 6.45) is 1.80. The van der Waals surface area contributed by atoms with Gasteiger partial charge in [-0.25, -0.2) is 4.99 Å². The fourth-order valence-electron chi connectivity index (χ4n) is 5.40. The molecule has 1 aliphatic heterocycles. The minimum absolute atomic E-state index is 0.179. The number of hydrogen-bond acceptors (Lipinski definition) is 8. The summed E-state index contributed by atoms with van der Waals surface area (Å²) >= 11 is 1.27. The van der Waals surface area contributed by atoms with Crippen molar-refractivity contribution in [2.45, 2.75) is 33.4 Å². The van der Waals surface area contributed by atoms with Gasteiger partial charge in [-0.15, -0.1) is 0 Å². The van der Waals surface area contributed by atoms with Gasteiger partial charge in [-0.1, -0.05) is 47.7 Å². The number of nitrogens with zero attached hydrogens (tertiary/aromatic N) is 3. The molecule has 0 bridgehead atoms. The lowest BCUT2D eigenvalue weighted by atomic mass is 9.93. The number of ether oxygens (including phenoxy) is 4. The van der Waals surface area contributed by atoms with E-state index in [4.69, 9.17) is 23.9 Å². The molecule has 1 atom stereocenters. The van der Waals surface area contributed by atoms with Crippen LogP contribution in [0.1, 0.15) is 43.5 Å². The number of carbonyl (C=O) groups is 1. The van der Waals surface area contributed by atoms with E-state index < -0.39 is 6.04 Å². The number of likely N-dealkylation sites (N-methyl/N-ethyl adjacent to an activating group) is 1. The molecular weight excluding hydrogens is 590 g/mol. The fraction of sp³-hybridized carbons (Fsp3) is 0.286. The van der Waals surface area contributed by atoms with Crippen LogP contribution in [-0.4, -0.2) is 49.8 Å². The van der Waals surface area contributed by atoms with Crippen molar-refractivity contribution < 1.29 is 23.7 Å². The second-order valence-corrected chi connectivity index (χ2v) is 11.4. The van der Waals surface area contributed by atoms with Gasteiger partial charge in [-0.3, -0.25) is 14.2 Å². The van der Waals surface area contributed by atoms with Crippen LogP contribution < -0.4 is 33.8 Å². The minimum atomic E-state index is -0.773. The maximum absolute atomic E-state index is 14.2. The highest BCUT2D eigenvalue weighted by molar-refractivity contribution is 7.07. The molecule has 0 spiro atoms. The van der Waals surface area contributed by atoms with E-state index in [-0.39, 0.29) is 11.5 Å². The molecule has 1 aromatic heterocycles. The van der Waals surface area contributed by atoms with Gasteiger partial charge in [0.05, 0.1) is 37.1 Å². The Morgan fingerprint density at radius 2 is 1.64 bits per heavy atom. The van der Waals surface area contributed by atoms with E-state index in [2.05, 4.69) is 0 Å². The molecule has 0 saturated heterocycles. The Labute approximate surface area is 266 Å². The van der Waals surface area contributed by atoms with E-state index in [1.165, 1.54) is 11.3 Å². The molecule has 0 unspecified atom stereocenters. The first-order valence-corrected chi connectivity index (χ1v) is 15.5. The average molecular weight is 628 g/mol. The summed E-state index contributed by atoms with van der Waals surface area (Å²) in [7, 11) is 4.73. The Hall–Kier alpha value is -4.83. The van der Waals surface area contributed by atoms with Crippen LogP contribution in [0.4, 0.5) is 0 Å². The lowest BCUT2D eigenvalue weighted by Gasteiger charge is -2.30. The quantitative estimate of drug-likeness (QED) is 0.239. The Balaban J connectivity index is 1.62. The van der Waals surface area contributed by atoms with Crippen LogP contribution in [0.15, 0.2) is 87.8 Å².